The van der Waals surface area contributed by atoms with Crippen LogP contribution in [0.1, 0.15) is 12.5 Å². The van der Waals surface area contributed by atoms with Crippen molar-refractivity contribution in [3.05, 3.63) is 121 Å². The van der Waals surface area contributed by atoms with Crippen molar-refractivity contribution >= 4 is 0 Å². The lowest BCUT2D eigenvalue weighted by molar-refractivity contribution is 1.14. The topological polar surface area (TPSA) is 0 Å². The fraction of sp³-hybridized carbons (Fsp3) is 0.0769. The molecule has 0 N–H and O–H groups in total. The van der Waals surface area contributed by atoms with Crippen LogP contribution in [0.4, 0.5) is 0 Å². The summed E-state index contributed by atoms with van der Waals surface area (Å²) in [5.41, 5.74) is 6.63. The molecule has 0 aliphatic carbocycles. The number of aryl methyl sites for hydroxylation is 1. The second-order valence-electron chi connectivity index (χ2n) is 6.11. The summed E-state index contributed by atoms with van der Waals surface area (Å²) in [5, 5.41) is 0. The predicted octanol–water partition coefficient (Wildman–Crippen LogP) is 7.27. The molecule has 0 radical (unpaired) electrons. The third-order valence-corrected chi connectivity index (χ3v) is 4.36. The highest BCUT2D eigenvalue weighted by atomic mass is 14.0. The highest BCUT2D eigenvalue weighted by molar-refractivity contribution is 5.67. The van der Waals surface area contributed by atoms with E-state index in [1.54, 1.807) is 0 Å². The molecule has 4 aromatic carbocycles. The van der Waals surface area contributed by atoms with E-state index in [0.717, 1.165) is 6.42 Å². The van der Waals surface area contributed by atoms with Crippen molar-refractivity contribution in [3.8, 4) is 22.3 Å². The average molecular weight is 336 g/mol. The van der Waals surface area contributed by atoms with Crippen LogP contribution in [0.2, 0.25) is 0 Å². The minimum atomic E-state index is 1.09. The molecule has 0 amide bonds. The van der Waals surface area contributed by atoms with Crippen LogP contribution in [0.5, 0.6) is 0 Å². The normalized spacial score (nSPS) is 9.88. The Morgan fingerprint density at radius 3 is 1.27 bits per heavy atom. The maximum absolute atomic E-state index is 2.20. The van der Waals surface area contributed by atoms with E-state index >= 15 is 0 Å². The van der Waals surface area contributed by atoms with Crippen LogP contribution in [0.15, 0.2) is 115 Å². The van der Waals surface area contributed by atoms with E-state index in [4.69, 9.17) is 0 Å². The third kappa shape index (κ3) is 4.70. The number of rotatable bonds is 3. The maximum Gasteiger partial charge on any atom is -0.0152 e. The number of benzene rings is 4. The summed E-state index contributed by atoms with van der Waals surface area (Å²) in [4.78, 5) is 0. The van der Waals surface area contributed by atoms with Crippen LogP contribution in [0, 0.1) is 0 Å². The summed E-state index contributed by atoms with van der Waals surface area (Å²) in [6.07, 6.45) is 1.09. The van der Waals surface area contributed by atoms with Crippen LogP contribution < -0.4 is 0 Å². The Morgan fingerprint density at radius 2 is 0.808 bits per heavy atom. The molecule has 0 atom stereocenters. The highest BCUT2D eigenvalue weighted by Crippen LogP contribution is 2.23. The summed E-state index contributed by atoms with van der Waals surface area (Å²) in [6, 6.07) is 39.9. The summed E-state index contributed by atoms with van der Waals surface area (Å²) in [7, 11) is 0. The molecule has 26 heavy (non-hydrogen) atoms. The number of hydrogen-bond acceptors (Lipinski definition) is 0. The van der Waals surface area contributed by atoms with E-state index in [-0.39, 0.29) is 0 Å². The molecule has 4 aromatic rings. The predicted molar refractivity (Wildman–Crippen MR) is 113 cm³/mol. The maximum atomic E-state index is 2.20. The van der Waals surface area contributed by atoms with Gasteiger partial charge in [-0.25, -0.2) is 0 Å². The Morgan fingerprint density at radius 1 is 0.423 bits per heavy atom. The van der Waals surface area contributed by atoms with Crippen LogP contribution >= 0.6 is 0 Å². The van der Waals surface area contributed by atoms with Gasteiger partial charge in [0.2, 0.25) is 0 Å². The molecule has 0 unspecified atom stereocenters. The molecule has 0 heterocycles. The Labute approximate surface area is 156 Å². The van der Waals surface area contributed by atoms with Gasteiger partial charge in [-0.15, -0.1) is 0 Å². The molecule has 0 aromatic heterocycles. The number of hydrogen-bond donors (Lipinski definition) is 0. The highest BCUT2D eigenvalue weighted by Gasteiger charge is 2.00. The van der Waals surface area contributed by atoms with Crippen molar-refractivity contribution in [2.75, 3.05) is 0 Å². The molecule has 4 rings (SSSR count). The molecule has 0 heteroatoms. The first kappa shape index (κ1) is 17.7. The summed E-state index contributed by atoms with van der Waals surface area (Å²) in [5.74, 6) is 0. The van der Waals surface area contributed by atoms with E-state index in [9.17, 15) is 0 Å². The minimum absolute atomic E-state index is 1.09. The molecule has 0 spiro atoms. The molecule has 0 saturated carbocycles. The van der Waals surface area contributed by atoms with Gasteiger partial charge in [0.15, 0.2) is 0 Å². The Hall–Kier alpha value is -3.12. The Balaban J connectivity index is 0.000000152. The van der Waals surface area contributed by atoms with Crippen molar-refractivity contribution in [1.82, 2.24) is 0 Å². The van der Waals surface area contributed by atoms with E-state index in [1.165, 1.54) is 27.8 Å². The fourth-order valence-corrected chi connectivity index (χ4v) is 2.99. The molecule has 0 saturated heterocycles. The van der Waals surface area contributed by atoms with Gasteiger partial charge < -0.3 is 0 Å². The van der Waals surface area contributed by atoms with Crippen LogP contribution in [0.3, 0.4) is 0 Å². The smallest absolute Gasteiger partial charge is 0.0152 e. The zero-order chi connectivity index (χ0) is 18.0. The molecule has 128 valence electrons. The lowest BCUT2D eigenvalue weighted by atomic mass is 9.98. The first-order valence-corrected chi connectivity index (χ1v) is 9.12. The van der Waals surface area contributed by atoms with Gasteiger partial charge in [-0.3, -0.25) is 0 Å². The quantitative estimate of drug-likeness (QED) is 0.369. The second-order valence-corrected chi connectivity index (χ2v) is 6.11. The van der Waals surface area contributed by atoms with E-state index in [0.29, 0.717) is 0 Å². The van der Waals surface area contributed by atoms with Gasteiger partial charge in [0.25, 0.3) is 0 Å². The van der Waals surface area contributed by atoms with Gasteiger partial charge in [-0.2, -0.15) is 0 Å². The Kier molecular flexibility index (Phi) is 6.39. The van der Waals surface area contributed by atoms with Crippen LogP contribution in [-0.2, 0) is 6.42 Å². The lowest BCUT2D eigenvalue weighted by Gasteiger charge is -2.06. The van der Waals surface area contributed by atoms with Crippen LogP contribution in [-0.4, -0.2) is 0 Å². The molecule has 0 bridgehead atoms. The third-order valence-electron chi connectivity index (χ3n) is 4.36. The van der Waals surface area contributed by atoms with Crippen molar-refractivity contribution in [3.63, 3.8) is 0 Å². The zero-order valence-corrected chi connectivity index (χ0v) is 15.2. The molecule has 0 nitrogen and oxygen atoms in total. The van der Waals surface area contributed by atoms with E-state index in [2.05, 4.69) is 110 Å². The van der Waals surface area contributed by atoms with Gasteiger partial charge in [-0.1, -0.05) is 122 Å². The lowest BCUT2D eigenvalue weighted by Crippen LogP contribution is -1.85. The first-order chi connectivity index (χ1) is 12.9. The van der Waals surface area contributed by atoms with Crippen molar-refractivity contribution in [1.29, 1.82) is 0 Å². The van der Waals surface area contributed by atoms with Gasteiger partial charge in [0.05, 0.1) is 0 Å². The fourth-order valence-electron chi connectivity index (χ4n) is 2.99. The molecule has 0 fully saturated rings. The van der Waals surface area contributed by atoms with E-state index < -0.39 is 0 Å². The summed E-state index contributed by atoms with van der Waals surface area (Å²) in [6.45, 7) is 2.20. The summed E-state index contributed by atoms with van der Waals surface area (Å²) >= 11 is 0. The average Bonchev–Trinajstić information content (AvgIpc) is 2.76. The summed E-state index contributed by atoms with van der Waals surface area (Å²) < 4.78 is 0. The monoisotopic (exact) mass is 336 g/mol. The second kappa shape index (κ2) is 9.39. The largest absolute Gasteiger partial charge is 0.0622 e. The van der Waals surface area contributed by atoms with Gasteiger partial charge in [0, 0.05) is 0 Å². The molecular formula is C26H24. The van der Waals surface area contributed by atoms with Gasteiger partial charge in [-0.05, 0) is 34.2 Å². The minimum Gasteiger partial charge on any atom is -0.0622 e. The molecule has 0 aliphatic heterocycles. The first-order valence-electron chi connectivity index (χ1n) is 9.12. The molecule has 0 aliphatic rings. The van der Waals surface area contributed by atoms with Crippen molar-refractivity contribution in [2.24, 2.45) is 0 Å². The van der Waals surface area contributed by atoms with E-state index in [1.807, 2.05) is 12.1 Å². The zero-order valence-electron chi connectivity index (χ0n) is 15.2. The van der Waals surface area contributed by atoms with Crippen LogP contribution in [0.25, 0.3) is 22.3 Å². The van der Waals surface area contributed by atoms with Crippen molar-refractivity contribution in [2.45, 2.75) is 13.3 Å². The van der Waals surface area contributed by atoms with Gasteiger partial charge in [0.1, 0.15) is 0 Å². The van der Waals surface area contributed by atoms with Crippen molar-refractivity contribution < 1.29 is 0 Å². The standard InChI is InChI=1S/C14H14.C12H10/c1-2-12-8-6-7-11-14(12)13-9-4-3-5-10-13;1-3-7-11(8-4-1)12-9-5-2-6-10-12/h3-11H,2H2,1H3;1-10H. The molecular weight excluding hydrogens is 312 g/mol. The van der Waals surface area contributed by atoms with Gasteiger partial charge >= 0.3 is 0 Å². The SMILES string of the molecule is CCc1ccccc1-c1ccccc1.c1ccc(-c2ccccc2)cc1. The Bertz CT molecular complexity index is 857.